The minimum absolute atomic E-state index is 0.326. The molecule has 0 radical (unpaired) electrons. The zero-order valence-electron chi connectivity index (χ0n) is 10.1. The highest BCUT2D eigenvalue weighted by atomic mass is 16.3. The second-order valence-corrected chi connectivity index (χ2v) is 4.13. The summed E-state index contributed by atoms with van der Waals surface area (Å²) in [6, 6.07) is 5.61. The van der Waals surface area contributed by atoms with Gasteiger partial charge in [-0.05, 0) is 18.6 Å². The molecule has 0 atom stereocenters. The molecule has 1 aromatic carbocycles. The highest BCUT2D eigenvalue weighted by molar-refractivity contribution is 5.50. The molecule has 0 aliphatic carbocycles. The Morgan fingerprint density at radius 2 is 2.24 bits per heavy atom. The van der Waals surface area contributed by atoms with Crippen LogP contribution in [0.15, 0.2) is 30.6 Å². The lowest BCUT2D eigenvalue weighted by Gasteiger charge is -2.08. The van der Waals surface area contributed by atoms with Crippen molar-refractivity contribution in [2.75, 3.05) is 11.9 Å². The molecule has 2 N–H and O–H groups in total. The monoisotopic (exact) mass is 231 g/mol. The lowest BCUT2D eigenvalue weighted by atomic mass is 10.2. The smallest absolute Gasteiger partial charge is 0.120 e. The first-order valence-corrected chi connectivity index (χ1v) is 5.66. The average molecular weight is 231 g/mol. The molecular formula is C13H17N3O. The third-order valence-electron chi connectivity index (χ3n) is 2.81. The van der Waals surface area contributed by atoms with Gasteiger partial charge in [0.2, 0.25) is 0 Å². The number of phenols is 1. The average Bonchev–Trinajstić information content (AvgIpc) is 2.70. The normalized spacial score (nSPS) is 10.5. The fourth-order valence-corrected chi connectivity index (χ4v) is 1.68. The van der Waals surface area contributed by atoms with E-state index in [9.17, 15) is 5.11 Å². The minimum Gasteiger partial charge on any atom is -0.508 e. The number of imidazole rings is 1. The van der Waals surface area contributed by atoms with Gasteiger partial charge in [-0.15, -0.1) is 0 Å². The van der Waals surface area contributed by atoms with Crippen LogP contribution in [0.1, 0.15) is 11.4 Å². The predicted octanol–water partition coefficient (Wildman–Crippen LogP) is 2.09. The second-order valence-electron chi connectivity index (χ2n) is 4.13. The molecule has 0 spiro atoms. The molecule has 4 heteroatoms. The number of aryl methyl sites for hydroxylation is 2. The van der Waals surface area contributed by atoms with Crippen molar-refractivity contribution < 1.29 is 5.11 Å². The molecule has 0 fully saturated rings. The van der Waals surface area contributed by atoms with Gasteiger partial charge < -0.3 is 15.0 Å². The van der Waals surface area contributed by atoms with E-state index in [1.165, 1.54) is 0 Å². The Morgan fingerprint density at radius 1 is 1.41 bits per heavy atom. The fourth-order valence-electron chi connectivity index (χ4n) is 1.68. The van der Waals surface area contributed by atoms with Gasteiger partial charge in [-0.2, -0.15) is 0 Å². The molecule has 2 rings (SSSR count). The molecule has 0 aliphatic heterocycles. The molecule has 2 aromatic rings. The Balaban J connectivity index is 1.90. The van der Waals surface area contributed by atoms with Gasteiger partial charge >= 0.3 is 0 Å². The number of hydrogen-bond donors (Lipinski definition) is 2. The Labute approximate surface area is 101 Å². The number of phenolic OH excluding ortho intramolecular Hbond substituents is 1. The van der Waals surface area contributed by atoms with E-state index in [2.05, 4.69) is 10.3 Å². The molecule has 0 unspecified atom stereocenters. The van der Waals surface area contributed by atoms with Crippen molar-refractivity contribution in [2.24, 2.45) is 7.05 Å². The first kappa shape index (κ1) is 11.5. The maximum Gasteiger partial charge on any atom is 0.120 e. The Kier molecular flexibility index (Phi) is 3.32. The van der Waals surface area contributed by atoms with E-state index in [1.54, 1.807) is 12.3 Å². The third-order valence-corrected chi connectivity index (χ3v) is 2.81. The number of nitrogens with zero attached hydrogens (tertiary/aromatic N) is 2. The second kappa shape index (κ2) is 4.91. The van der Waals surface area contributed by atoms with Crippen molar-refractivity contribution in [3.63, 3.8) is 0 Å². The molecule has 0 amide bonds. The summed E-state index contributed by atoms with van der Waals surface area (Å²) in [5.74, 6) is 1.38. The summed E-state index contributed by atoms with van der Waals surface area (Å²) in [4.78, 5) is 4.25. The van der Waals surface area contributed by atoms with Gasteiger partial charge in [0.15, 0.2) is 0 Å². The third kappa shape index (κ3) is 2.78. The van der Waals surface area contributed by atoms with Crippen molar-refractivity contribution in [1.82, 2.24) is 9.55 Å². The summed E-state index contributed by atoms with van der Waals surface area (Å²) in [5, 5.41) is 12.8. The molecule has 0 bridgehead atoms. The van der Waals surface area contributed by atoms with Crippen LogP contribution in [-0.4, -0.2) is 21.2 Å². The maximum absolute atomic E-state index is 9.57. The van der Waals surface area contributed by atoms with E-state index in [0.29, 0.717) is 5.75 Å². The van der Waals surface area contributed by atoms with Crippen molar-refractivity contribution in [2.45, 2.75) is 13.3 Å². The highest BCUT2D eigenvalue weighted by Crippen LogP contribution is 2.20. The van der Waals surface area contributed by atoms with Gasteiger partial charge in [-0.3, -0.25) is 0 Å². The van der Waals surface area contributed by atoms with Gasteiger partial charge in [-0.1, -0.05) is 6.07 Å². The molecule has 1 heterocycles. The van der Waals surface area contributed by atoms with Gasteiger partial charge in [0.05, 0.1) is 0 Å². The number of anilines is 1. The van der Waals surface area contributed by atoms with Crippen LogP contribution in [0.2, 0.25) is 0 Å². The number of benzene rings is 1. The highest BCUT2D eigenvalue weighted by Gasteiger charge is 2.00. The Bertz CT molecular complexity index is 505. The molecule has 0 saturated heterocycles. The topological polar surface area (TPSA) is 50.1 Å². The first-order chi connectivity index (χ1) is 8.16. The van der Waals surface area contributed by atoms with E-state index in [-0.39, 0.29) is 0 Å². The van der Waals surface area contributed by atoms with Crippen LogP contribution < -0.4 is 5.32 Å². The molecular weight excluding hydrogens is 214 g/mol. The molecule has 90 valence electrons. The fraction of sp³-hybridized carbons (Fsp3) is 0.308. The zero-order valence-corrected chi connectivity index (χ0v) is 10.1. The van der Waals surface area contributed by atoms with Crippen molar-refractivity contribution >= 4 is 5.69 Å². The van der Waals surface area contributed by atoms with Crippen LogP contribution in [0, 0.1) is 6.92 Å². The van der Waals surface area contributed by atoms with Gasteiger partial charge in [0.25, 0.3) is 0 Å². The summed E-state index contributed by atoms with van der Waals surface area (Å²) in [5.41, 5.74) is 1.82. The SMILES string of the molecule is Cc1ccc(NCCc2nccn2C)cc1O. The lowest BCUT2D eigenvalue weighted by molar-refractivity contribution is 0.471. The maximum atomic E-state index is 9.57. The van der Waals surface area contributed by atoms with E-state index in [0.717, 1.165) is 30.0 Å². The first-order valence-electron chi connectivity index (χ1n) is 5.66. The molecule has 4 nitrogen and oxygen atoms in total. The van der Waals surface area contributed by atoms with E-state index in [4.69, 9.17) is 0 Å². The molecule has 17 heavy (non-hydrogen) atoms. The van der Waals surface area contributed by atoms with Crippen molar-refractivity contribution in [1.29, 1.82) is 0 Å². The van der Waals surface area contributed by atoms with Gasteiger partial charge in [-0.25, -0.2) is 4.98 Å². The van der Waals surface area contributed by atoms with E-state index in [1.807, 2.05) is 36.9 Å². The number of hydrogen-bond acceptors (Lipinski definition) is 3. The van der Waals surface area contributed by atoms with Crippen LogP contribution in [0.5, 0.6) is 5.75 Å². The molecule has 0 saturated carbocycles. The van der Waals surface area contributed by atoms with Crippen LogP contribution in [-0.2, 0) is 13.5 Å². The quantitative estimate of drug-likeness (QED) is 0.847. The lowest BCUT2D eigenvalue weighted by Crippen LogP contribution is -2.08. The number of aromatic hydroxyl groups is 1. The Morgan fingerprint density at radius 3 is 2.88 bits per heavy atom. The summed E-state index contributed by atoms with van der Waals surface area (Å²) in [6.07, 6.45) is 4.60. The predicted molar refractivity (Wildman–Crippen MR) is 68.2 cm³/mol. The van der Waals surface area contributed by atoms with Crippen LogP contribution in [0.25, 0.3) is 0 Å². The molecule has 0 aliphatic rings. The van der Waals surface area contributed by atoms with Crippen LogP contribution in [0.4, 0.5) is 5.69 Å². The van der Waals surface area contributed by atoms with Gasteiger partial charge in [0.1, 0.15) is 11.6 Å². The van der Waals surface area contributed by atoms with E-state index >= 15 is 0 Å². The summed E-state index contributed by atoms with van der Waals surface area (Å²) in [7, 11) is 1.99. The summed E-state index contributed by atoms with van der Waals surface area (Å²) < 4.78 is 2.01. The Hall–Kier alpha value is -1.97. The number of aromatic nitrogens is 2. The molecule has 1 aromatic heterocycles. The zero-order chi connectivity index (χ0) is 12.3. The van der Waals surface area contributed by atoms with Gasteiger partial charge in [0, 0.05) is 44.2 Å². The van der Waals surface area contributed by atoms with E-state index < -0.39 is 0 Å². The summed E-state index contributed by atoms with van der Waals surface area (Å²) >= 11 is 0. The van der Waals surface area contributed by atoms with Crippen molar-refractivity contribution in [3.05, 3.63) is 42.0 Å². The largest absolute Gasteiger partial charge is 0.508 e. The minimum atomic E-state index is 0.326. The standard InChI is InChI=1S/C13H17N3O/c1-10-3-4-11(9-12(10)17)14-6-5-13-15-7-8-16(13)2/h3-4,7-9,14,17H,5-6H2,1-2H3. The van der Waals surface area contributed by atoms with Crippen LogP contribution in [0.3, 0.4) is 0 Å². The number of nitrogens with one attached hydrogen (secondary N) is 1. The van der Waals surface area contributed by atoms with Crippen molar-refractivity contribution in [3.8, 4) is 5.75 Å². The summed E-state index contributed by atoms with van der Waals surface area (Å²) in [6.45, 7) is 2.68. The number of rotatable bonds is 4. The van der Waals surface area contributed by atoms with Crippen LogP contribution >= 0.6 is 0 Å².